The van der Waals surface area contributed by atoms with Crippen molar-refractivity contribution >= 4 is 24.5 Å². The van der Waals surface area contributed by atoms with Gasteiger partial charge in [-0.05, 0) is 0 Å². The van der Waals surface area contributed by atoms with E-state index in [1.54, 1.807) is 0 Å². The van der Waals surface area contributed by atoms with Gasteiger partial charge in [-0.25, -0.2) is 4.79 Å². The van der Waals surface area contributed by atoms with Gasteiger partial charge in [-0.2, -0.15) is 25.8 Å². The number of thiol groups is 1. The van der Waals surface area contributed by atoms with Gasteiger partial charge in [-0.15, -0.1) is 0 Å². The van der Waals surface area contributed by atoms with Crippen molar-refractivity contribution in [3.05, 3.63) is 0 Å². The number of amides is 1. The fourth-order valence-corrected chi connectivity index (χ4v) is 1.27. The summed E-state index contributed by atoms with van der Waals surface area (Å²) in [7, 11) is 0. The second-order valence-electron chi connectivity index (χ2n) is 2.85. The summed E-state index contributed by atoms with van der Waals surface area (Å²) < 4.78 is 44.0. The number of hydrogen-bond acceptors (Lipinski definition) is 5. The average Bonchev–Trinajstić information content (AvgIpc) is 2.33. The van der Waals surface area contributed by atoms with Gasteiger partial charge in [0.15, 0.2) is 0 Å². The van der Waals surface area contributed by atoms with Crippen LogP contribution in [0.15, 0.2) is 0 Å². The van der Waals surface area contributed by atoms with E-state index in [-0.39, 0.29) is 19.0 Å². The van der Waals surface area contributed by atoms with Crippen LogP contribution >= 0.6 is 12.6 Å². The Morgan fingerprint density at radius 1 is 1.56 bits per heavy atom. The van der Waals surface area contributed by atoms with Gasteiger partial charge in [0.1, 0.15) is 0 Å². The molecule has 0 aromatic rings. The Labute approximate surface area is 108 Å². The summed E-state index contributed by atoms with van der Waals surface area (Å²) in [6.45, 7) is 4.19. The van der Waals surface area contributed by atoms with Crippen molar-refractivity contribution in [1.82, 2.24) is 4.90 Å². The lowest BCUT2D eigenvalue weighted by molar-refractivity contribution is -0.232. The van der Waals surface area contributed by atoms with Crippen molar-refractivity contribution in [2.24, 2.45) is 0 Å². The van der Waals surface area contributed by atoms with Gasteiger partial charge in [-0.1, -0.05) is 13.8 Å². The van der Waals surface area contributed by atoms with Gasteiger partial charge in [0.25, 0.3) is 12.2 Å². The predicted octanol–water partition coefficient (Wildman–Crippen LogP) is 1.19. The molecule has 106 valence electrons. The standard InChI is InChI=1S/C7H8F3NO4S.C2H6/c8-7(9,10)6(13)15-5-4(12)11(3-16)1-2-14-5;1-2/h5,16H,1-3H2;1-2H3. The molecule has 1 atom stereocenters. The van der Waals surface area contributed by atoms with Crippen LogP contribution < -0.4 is 0 Å². The largest absolute Gasteiger partial charge is 0.491 e. The van der Waals surface area contributed by atoms with Crippen molar-refractivity contribution in [2.45, 2.75) is 26.3 Å². The van der Waals surface area contributed by atoms with Gasteiger partial charge in [-0.3, -0.25) is 4.79 Å². The maximum atomic E-state index is 11.8. The number of carbonyl (C=O) groups is 2. The first-order chi connectivity index (χ1) is 8.36. The number of carbonyl (C=O) groups excluding carboxylic acids is 2. The normalized spacial score (nSPS) is 20.0. The Morgan fingerprint density at radius 2 is 2.11 bits per heavy atom. The summed E-state index contributed by atoms with van der Waals surface area (Å²) in [4.78, 5) is 22.9. The van der Waals surface area contributed by atoms with E-state index >= 15 is 0 Å². The summed E-state index contributed by atoms with van der Waals surface area (Å²) in [5, 5.41) is 0. The van der Waals surface area contributed by atoms with E-state index in [1.165, 1.54) is 0 Å². The van der Waals surface area contributed by atoms with Crippen LogP contribution in [0.1, 0.15) is 13.8 Å². The zero-order valence-corrected chi connectivity index (χ0v) is 10.8. The third kappa shape index (κ3) is 4.73. The van der Waals surface area contributed by atoms with Gasteiger partial charge in [0.05, 0.1) is 12.5 Å². The highest BCUT2D eigenvalue weighted by atomic mass is 32.1. The molecular weight excluding hydrogens is 275 g/mol. The van der Waals surface area contributed by atoms with Crippen molar-refractivity contribution in [2.75, 3.05) is 19.0 Å². The molecule has 0 aliphatic carbocycles. The molecule has 0 aromatic carbocycles. The lowest BCUT2D eigenvalue weighted by Crippen LogP contribution is -2.50. The molecule has 1 fully saturated rings. The monoisotopic (exact) mass is 289 g/mol. The molecule has 1 aliphatic heterocycles. The molecule has 1 amide bonds. The summed E-state index contributed by atoms with van der Waals surface area (Å²) in [6, 6.07) is 0. The second-order valence-corrected chi connectivity index (χ2v) is 3.13. The maximum absolute atomic E-state index is 11.8. The zero-order chi connectivity index (χ0) is 14.3. The number of halogens is 3. The number of esters is 1. The molecular formula is C9H14F3NO4S. The Hall–Kier alpha value is -0.960. The molecule has 18 heavy (non-hydrogen) atoms. The van der Waals surface area contributed by atoms with Crippen LogP contribution in [0.5, 0.6) is 0 Å². The Bertz CT molecular complexity index is 298. The van der Waals surface area contributed by atoms with Crippen LogP contribution in [-0.4, -0.2) is 48.3 Å². The first-order valence-corrected chi connectivity index (χ1v) is 5.78. The fraction of sp³-hybridized carbons (Fsp3) is 0.778. The van der Waals surface area contributed by atoms with Crippen molar-refractivity contribution in [3.63, 3.8) is 0 Å². The maximum Gasteiger partial charge on any atom is 0.491 e. The molecule has 9 heteroatoms. The van der Waals surface area contributed by atoms with Crippen LogP contribution in [0.25, 0.3) is 0 Å². The van der Waals surface area contributed by atoms with Crippen LogP contribution in [0.2, 0.25) is 0 Å². The lowest BCUT2D eigenvalue weighted by Gasteiger charge is -2.30. The Kier molecular flexibility index (Phi) is 7.07. The predicted molar refractivity (Wildman–Crippen MR) is 58.8 cm³/mol. The summed E-state index contributed by atoms with van der Waals surface area (Å²) in [5.41, 5.74) is 0. The van der Waals surface area contributed by atoms with Crippen molar-refractivity contribution < 1.29 is 32.2 Å². The average molecular weight is 289 g/mol. The molecule has 1 unspecified atom stereocenters. The van der Waals surface area contributed by atoms with E-state index in [4.69, 9.17) is 0 Å². The molecule has 0 spiro atoms. The highest BCUT2D eigenvalue weighted by Gasteiger charge is 2.45. The zero-order valence-electron chi connectivity index (χ0n) is 9.86. The smallest absolute Gasteiger partial charge is 0.419 e. The number of nitrogens with zero attached hydrogens (tertiary/aromatic N) is 1. The van der Waals surface area contributed by atoms with Gasteiger partial charge >= 0.3 is 12.1 Å². The highest BCUT2D eigenvalue weighted by molar-refractivity contribution is 7.80. The van der Waals surface area contributed by atoms with E-state index in [1.807, 2.05) is 13.8 Å². The van der Waals surface area contributed by atoms with E-state index in [2.05, 4.69) is 22.1 Å². The third-order valence-electron chi connectivity index (χ3n) is 1.76. The Morgan fingerprint density at radius 3 is 2.56 bits per heavy atom. The minimum atomic E-state index is -5.15. The molecule has 5 nitrogen and oxygen atoms in total. The molecule has 1 rings (SSSR count). The quantitative estimate of drug-likeness (QED) is 0.613. The third-order valence-corrected chi connectivity index (χ3v) is 2.10. The summed E-state index contributed by atoms with van der Waals surface area (Å²) in [5.74, 6) is -3.28. The van der Waals surface area contributed by atoms with E-state index < -0.39 is 24.3 Å². The number of morpholine rings is 1. The van der Waals surface area contributed by atoms with Gasteiger partial charge in [0, 0.05) is 6.54 Å². The molecule has 1 aliphatic rings. The molecule has 0 aromatic heterocycles. The second kappa shape index (κ2) is 7.47. The van der Waals surface area contributed by atoms with E-state index in [9.17, 15) is 22.8 Å². The van der Waals surface area contributed by atoms with E-state index in [0.717, 1.165) is 4.90 Å². The number of ether oxygens (including phenoxy) is 2. The van der Waals surface area contributed by atoms with Crippen LogP contribution in [0.3, 0.4) is 0 Å². The minimum absolute atomic E-state index is 0.0118. The summed E-state index contributed by atoms with van der Waals surface area (Å²) >= 11 is 3.80. The van der Waals surface area contributed by atoms with Crippen LogP contribution in [0, 0.1) is 0 Å². The van der Waals surface area contributed by atoms with Crippen molar-refractivity contribution in [3.8, 4) is 0 Å². The van der Waals surface area contributed by atoms with Crippen LogP contribution in [0.4, 0.5) is 13.2 Å². The number of hydrogen-bond donors (Lipinski definition) is 1. The fourth-order valence-electron chi connectivity index (χ4n) is 0.989. The molecule has 0 radical (unpaired) electrons. The van der Waals surface area contributed by atoms with Gasteiger partial charge in [0.2, 0.25) is 0 Å². The molecule has 0 bridgehead atoms. The number of alkyl halides is 3. The minimum Gasteiger partial charge on any atom is -0.419 e. The molecule has 1 heterocycles. The highest BCUT2D eigenvalue weighted by Crippen LogP contribution is 2.19. The van der Waals surface area contributed by atoms with Crippen molar-refractivity contribution in [1.29, 1.82) is 0 Å². The number of rotatable bonds is 2. The first kappa shape index (κ1) is 17.0. The van der Waals surface area contributed by atoms with E-state index in [0.29, 0.717) is 0 Å². The lowest BCUT2D eigenvalue weighted by atomic mass is 10.4. The van der Waals surface area contributed by atoms with Crippen LogP contribution in [-0.2, 0) is 19.1 Å². The van der Waals surface area contributed by atoms with Gasteiger partial charge < -0.3 is 14.4 Å². The summed E-state index contributed by atoms with van der Waals surface area (Å²) in [6.07, 6.45) is -6.98. The molecule has 0 N–H and O–H groups in total. The molecule has 1 saturated heterocycles. The first-order valence-electron chi connectivity index (χ1n) is 5.15. The Balaban J connectivity index is 0.00000137. The SMILES string of the molecule is CC.O=C1C(OC(=O)C(F)(F)F)OCCN1CS. The molecule has 0 saturated carbocycles. The topological polar surface area (TPSA) is 55.8 Å².